The van der Waals surface area contributed by atoms with Gasteiger partial charge >= 0.3 is 0 Å². The largest absolute Gasteiger partial charge is 0.383 e. The molecule has 0 unspecified atom stereocenters. The van der Waals surface area contributed by atoms with Gasteiger partial charge in [0.15, 0.2) is 0 Å². The maximum absolute atomic E-state index is 11.3. The number of rotatable bonds is 7. The van der Waals surface area contributed by atoms with E-state index in [1.165, 1.54) is 0 Å². The minimum Gasteiger partial charge on any atom is -0.383 e. The van der Waals surface area contributed by atoms with E-state index in [1.807, 2.05) is 19.1 Å². The molecule has 1 aromatic rings. The molecule has 5 nitrogen and oxygen atoms in total. The molecule has 1 heterocycles. The van der Waals surface area contributed by atoms with Crippen LogP contribution in [0.1, 0.15) is 12.0 Å². The third-order valence-corrected chi connectivity index (χ3v) is 2.20. The van der Waals surface area contributed by atoms with Gasteiger partial charge in [-0.3, -0.25) is 4.79 Å². The maximum Gasteiger partial charge on any atom is 0.221 e. The van der Waals surface area contributed by atoms with Crippen LogP contribution in [0.15, 0.2) is 18.3 Å². The molecule has 1 amide bonds. The van der Waals surface area contributed by atoms with Crippen LogP contribution in [0.3, 0.4) is 0 Å². The van der Waals surface area contributed by atoms with Crippen molar-refractivity contribution >= 4 is 11.7 Å². The van der Waals surface area contributed by atoms with Crippen molar-refractivity contribution in [3.8, 4) is 0 Å². The van der Waals surface area contributed by atoms with Crippen molar-refractivity contribution in [2.75, 3.05) is 32.1 Å². The van der Waals surface area contributed by atoms with Crippen LogP contribution in [0.5, 0.6) is 0 Å². The van der Waals surface area contributed by atoms with Crippen molar-refractivity contribution in [2.24, 2.45) is 0 Å². The lowest BCUT2D eigenvalue weighted by molar-refractivity contribution is -0.121. The van der Waals surface area contributed by atoms with Crippen LogP contribution in [-0.2, 0) is 9.53 Å². The molecule has 1 rings (SSSR count). The van der Waals surface area contributed by atoms with Crippen molar-refractivity contribution in [3.05, 3.63) is 23.9 Å². The summed E-state index contributed by atoms with van der Waals surface area (Å²) in [7, 11) is 1.61. The Bertz CT molecular complexity index is 338. The molecule has 5 heteroatoms. The zero-order valence-corrected chi connectivity index (χ0v) is 10.3. The fraction of sp³-hybridized carbons (Fsp3) is 0.500. The molecule has 0 saturated carbocycles. The summed E-state index contributed by atoms with van der Waals surface area (Å²) in [4.78, 5) is 15.5. The summed E-state index contributed by atoms with van der Waals surface area (Å²) in [5, 5.41) is 5.84. The molecule has 0 saturated heterocycles. The first-order chi connectivity index (χ1) is 8.22. The van der Waals surface area contributed by atoms with Crippen molar-refractivity contribution in [3.63, 3.8) is 0 Å². The van der Waals surface area contributed by atoms with Crippen molar-refractivity contribution in [1.82, 2.24) is 10.3 Å². The van der Waals surface area contributed by atoms with Crippen LogP contribution in [-0.4, -0.2) is 37.7 Å². The van der Waals surface area contributed by atoms with Crippen LogP contribution >= 0.6 is 0 Å². The smallest absolute Gasteiger partial charge is 0.221 e. The van der Waals surface area contributed by atoms with Gasteiger partial charge < -0.3 is 15.4 Å². The molecule has 0 aromatic carbocycles. The van der Waals surface area contributed by atoms with Gasteiger partial charge in [-0.2, -0.15) is 0 Å². The third kappa shape index (κ3) is 5.87. The van der Waals surface area contributed by atoms with Gasteiger partial charge in [-0.15, -0.1) is 0 Å². The van der Waals surface area contributed by atoms with Gasteiger partial charge in [0.25, 0.3) is 0 Å². The van der Waals surface area contributed by atoms with Crippen molar-refractivity contribution < 1.29 is 9.53 Å². The van der Waals surface area contributed by atoms with Crippen molar-refractivity contribution in [2.45, 2.75) is 13.3 Å². The molecular formula is C12H19N3O2. The van der Waals surface area contributed by atoms with E-state index >= 15 is 0 Å². The number of nitrogens with zero attached hydrogens (tertiary/aromatic N) is 1. The highest BCUT2D eigenvalue weighted by Gasteiger charge is 2.00. The Balaban J connectivity index is 2.14. The number of carbonyl (C=O) groups is 1. The minimum absolute atomic E-state index is 0.0154. The number of pyridine rings is 1. The minimum atomic E-state index is 0.0154. The molecule has 0 radical (unpaired) electrons. The summed E-state index contributed by atoms with van der Waals surface area (Å²) in [5.74, 6) is 0.807. The Labute approximate surface area is 102 Å². The summed E-state index contributed by atoms with van der Waals surface area (Å²) in [6.07, 6.45) is 2.22. The summed E-state index contributed by atoms with van der Waals surface area (Å²) in [5.41, 5.74) is 1.12. The van der Waals surface area contributed by atoms with Gasteiger partial charge in [0, 0.05) is 32.8 Å². The predicted octanol–water partition coefficient (Wildman–Crippen LogP) is 0.955. The van der Waals surface area contributed by atoms with E-state index in [0.29, 0.717) is 26.1 Å². The highest BCUT2D eigenvalue weighted by Crippen LogP contribution is 2.03. The maximum atomic E-state index is 11.3. The van der Waals surface area contributed by atoms with E-state index in [0.717, 1.165) is 11.4 Å². The Kier molecular flexibility index (Phi) is 6.03. The molecule has 17 heavy (non-hydrogen) atoms. The van der Waals surface area contributed by atoms with Crippen LogP contribution in [0, 0.1) is 6.92 Å². The number of hydrogen-bond donors (Lipinski definition) is 2. The normalized spacial score (nSPS) is 10.0. The van der Waals surface area contributed by atoms with Gasteiger partial charge in [-0.25, -0.2) is 4.98 Å². The molecule has 1 aromatic heterocycles. The van der Waals surface area contributed by atoms with E-state index < -0.39 is 0 Å². The second-order valence-electron chi connectivity index (χ2n) is 3.74. The molecule has 0 aliphatic carbocycles. The molecule has 0 atom stereocenters. The Morgan fingerprint density at radius 1 is 1.41 bits per heavy atom. The number of ether oxygens (including phenoxy) is 1. The molecule has 94 valence electrons. The van der Waals surface area contributed by atoms with E-state index in [-0.39, 0.29) is 5.91 Å². The fourth-order valence-electron chi connectivity index (χ4n) is 1.26. The summed E-state index contributed by atoms with van der Waals surface area (Å²) in [6, 6.07) is 3.88. The SMILES string of the molecule is COCCNC(=O)CCNc1ccc(C)cn1. The number of carbonyl (C=O) groups excluding carboxylic acids is 1. The Morgan fingerprint density at radius 2 is 2.24 bits per heavy atom. The van der Waals surface area contributed by atoms with Crippen LogP contribution in [0.2, 0.25) is 0 Å². The lowest BCUT2D eigenvalue weighted by atomic mass is 10.3. The van der Waals surface area contributed by atoms with Crippen LogP contribution < -0.4 is 10.6 Å². The lowest BCUT2D eigenvalue weighted by Crippen LogP contribution is -2.28. The molecular weight excluding hydrogens is 218 g/mol. The van der Waals surface area contributed by atoms with Gasteiger partial charge in [0.2, 0.25) is 5.91 Å². The summed E-state index contributed by atoms with van der Waals surface area (Å²) >= 11 is 0. The zero-order valence-electron chi connectivity index (χ0n) is 10.3. The number of anilines is 1. The van der Waals surface area contributed by atoms with Gasteiger partial charge in [-0.1, -0.05) is 6.07 Å². The second-order valence-corrected chi connectivity index (χ2v) is 3.74. The molecule has 0 aliphatic rings. The average molecular weight is 237 g/mol. The molecule has 0 fully saturated rings. The van der Waals surface area contributed by atoms with E-state index in [1.54, 1.807) is 13.3 Å². The number of amides is 1. The summed E-state index contributed by atoms with van der Waals surface area (Å²) < 4.78 is 4.84. The number of nitrogens with one attached hydrogen (secondary N) is 2. The molecule has 0 bridgehead atoms. The van der Waals surface area contributed by atoms with Crippen LogP contribution in [0.25, 0.3) is 0 Å². The Hall–Kier alpha value is -1.62. The quantitative estimate of drug-likeness (QED) is 0.693. The van der Waals surface area contributed by atoms with E-state index in [9.17, 15) is 4.79 Å². The number of aromatic nitrogens is 1. The van der Waals surface area contributed by atoms with Crippen molar-refractivity contribution in [1.29, 1.82) is 0 Å². The summed E-state index contributed by atoms with van der Waals surface area (Å²) in [6.45, 7) is 3.66. The van der Waals surface area contributed by atoms with Gasteiger partial charge in [0.05, 0.1) is 6.61 Å². The Morgan fingerprint density at radius 3 is 2.88 bits per heavy atom. The highest BCUT2D eigenvalue weighted by atomic mass is 16.5. The number of hydrogen-bond acceptors (Lipinski definition) is 4. The van der Waals surface area contributed by atoms with E-state index in [4.69, 9.17) is 4.74 Å². The average Bonchev–Trinajstić information content (AvgIpc) is 2.32. The molecule has 0 spiro atoms. The first-order valence-electron chi connectivity index (χ1n) is 5.64. The topological polar surface area (TPSA) is 63.2 Å². The first-order valence-corrected chi connectivity index (χ1v) is 5.64. The second kappa shape index (κ2) is 7.62. The predicted molar refractivity (Wildman–Crippen MR) is 67.0 cm³/mol. The molecule has 0 aliphatic heterocycles. The monoisotopic (exact) mass is 237 g/mol. The fourth-order valence-corrected chi connectivity index (χ4v) is 1.26. The first kappa shape index (κ1) is 13.4. The lowest BCUT2D eigenvalue weighted by Gasteiger charge is -2.06. The van der Waals surface area contributed by atoms with Crippen LogP contribution in [0.4, 0.5) is 5.82 Å². The molecule has 2 N–H and O–H groups in total. The van der Waals surface area contributed by atoms with Gasteiger partial charge in [-0.05, 0) is 18.6 Å². The highest BCUT2D eigenvalue weighted by molar-refractivity contribution is 5.76. The standard InChI is InChI=1S/C12H19N3O2/c1-10-3-4-11(15-9-10)13-6-5-12(16)14-7-8-17-2/h3-4,9H,5-8H2,1-2H3,(H,13,15)(H,14,16). The zero-order chi connectivity index (χ0) is 12.5. The third-order valence-electron chi connectivity index (χ3n) is 2.20. The number of aryl methyl sites for hydroxylation is 1. The van der Waals surface area contributed by atoms with E-state index in [2.05, 4.69) is 15.6 Å². The number of methoxy groups -OCH3 is 1. The van der Waals surface area contributed by atoms with Gasteiger partial charge in [0.1, 0.15) is 5.82 Å².